The first-order valence-electron chi connectivity index (χ1n) is 6.54. The number of ether oxygens (including phenoxy) is 1. The predicted octanol–water partition coefficient (Wildman–Crippen LogP) is 2.80. The Labute approximate surface area is 126 Å². The van der Waals surface area contributed by atoms with Crippen LogP contribution in [0, 0.1) is 0 Å². The number of benzene rings is 1. The number of anilines is 1. The van der Waals surface area contributed by atoms with E-state index in [9.17, 15) is 0 Å². The molecule has 0 radical (unpaired) electrons. The lowest BCUT2D eigenvalue weighted by Crippen LogP contribution is -2.04. The first-order valence-corrected chi connectivity index (χ1v) is 7.42. The fourth-order valence-electron chi connectivity index (χ4n) is 2.04. The number of nitrogens with zero attached hydrogens (tertiary/aromatic N) is 2. The predicted molar refractivity (Wildman–Crippen MR) is 83.7 cm³/mol. The third-order valence-corrected chi connectivity index (χ3v) is 3.86. The first kappa shape index (κ1) is 13.8. The van der Waals surface area contributed by atoms with Gasteiger partial charge < -0.3 is 15.2 Å². The number of aliphatic hydroxyl groups is 1. The molecule has 5 nitrogen and oxygen atoms in total. The maximum atomic E-state index is 9.12. The van der Waals surface area contributed by atoms with Gasteiger partial charge in [0.2, 0.25) is 0 Å². The second-order valence-electron chi connectivity index (χ2n) is 4.47. The number of rotatable bonds is 5. The molecule has 2 aromatic heterocycles. The number of thiophene rings is 1. The van der Waals surface area contributed by atoms with Crippen molar-refractivity contribution in [3.63, 3.8) is 0 Å². The van der Waals surface area contributed by atoms with E-state index in [-0.39, 0.29) is 13.2 Å². The quantitative estimate of drug-likeness (QED) is 0.758. The van der Waals surface area contributed by atoms with Crippen molar-refractivity contribution in [3.8, 4) is 5.75 Å². The number of hydrogen-bond acceptors (Lipinski definition) is 6. The lowest BCUT2D eigenvalue weighted by molar-refractivity contribution is 0.276. The summed E-state index contributed by atoms with van der Waals surface area (Å²) in [6.45, 7) is 0.288. The number of fused-ring (bicyclic) bond motifs is 1. The normalized spacial score (nSPS) is 10.8. The van der Waals surface area contributed by atoms with Crippen LogP contribution in [0.5, 0.6) is 5.75 Å². The molecule has 0 aliphatic carbocycles. The minimum Gasteiger partial charge on any atom is -0.486 e. The SMILES string of the molecule is CNc1nc(COc2cccc(CO)c2)nc2sccc12. The van der Waals surface area contributed by atoms with E-state index < -0.39 is 0 Å². The molecule has 2 N–H and O–H groups in total. The lowest BCUT2D eigenvalue weighted by atomic mass is 10.2. The molecule has 0 aliphatic heterocycles. The first-order chi connectivity index (χ1) is 10.3. The van der Waals surface area contributed by atoms with Gasteiger partial charge in [0, 0.05) is 7.05 Å². The van der Waals surface area contributed by atoms with Gasteiger partial charge in [0.1, 0.15) is 23.0 Å². The van der Waals surface area contributed by atoms with Crippen LogP contribution in [0.2, 0.25) is 0 Å². The summed E-state index contributed by atoms with van der Waals surface area (Å²) >= 11 is 1.58. The standard InChI is InChI=1S/C15H15N3O2S/c1-16-14-12-5-6-21-15(12)18-13(17-14)9-20-11-4-2-3-10(7-11)8-19/h2-7,19H,8-9H2,1H3,(H,16,17,18). The van der Waals surface area contributed by atoms with Crippen LogP contribution in [0.15, 0.2) is 35.7 Å². The van der Waals surface area contributed by atoms with E-state index in [1.807, 2.05) is 42.8 Å². The molecule has 0 fully saturated rings. The van der Waals surface area contributed by atoms with Crippen molar-refractivity contribution in [1.82, 2.24) is 9.97 Å². The molecule has 0 amide bonds. The highest BCUT2D eigenvalue weighted by Crippen LogP contribution is 2.25. The molecule has 0 bridgehead atoms. The van der Waals surface area contributed by atoms with Gasteiger partial charge in [-0.1, -0.05) is 12.1 Å². The number of aliphatic hydroxyl groups excluding tert-OH is 1. The molecular formula is C15H15N3O2S. The average Bonchev–Trinajstić information content (AvgIpc) is 3.00. The van der Waals surface area contributed by atoms with Crippen molar-refractivity contribution in [3.05, 3.63) is 47.1 Å². The minimum absolute atomic E-state index is 0.00123. The van der Waals surface area contributed by atoms with E-state index in [4.69, 9.17) is 9.84 Å². The average molecular weight is 301 g/mol. The van der Waals surface area contributed by atoms with Crippen molar-refractivity contribution in [2.24, 2.45) is 0 Å². The zero-order valence-corrected chi connectivity index (χ0v) is 12.4. The third-order valence-electron chi connectivity index (χ3n) is 3.06. The fourth-order valence-corrected chi connectivity index (χ4v) is 2.82. The maximum Gasteiger partial charge on any atom is 0.169 e. The topological polar surface area (TPSA) is 67.3 Å². The Kier molecular flexibility index (Phi) is 3.98. The van der Waals surface area contributed by atoms with Crippen molar-refractivity contribution in [2.45, 2.75) is 13.2 Å². The summed E-state index contributed by atoms with van der Waals surface area (Å²) in [6.07, 6.45) is 0. The largest absolute Gasteiger partial charge is 0.486 e. The van der Waals surface area contributed by atoms with E-state index in [2.05, 4.69) is 15.3 Å². The lowest BCUT2D eigenvalue weighted by Gasteiger charge is -2.08. The zero-order chi connectivity index (χ0) is 14.7. The third kappa shape index (κ3) is 2.96. The van der Waals surface area contributed by atoms with Crippen LogP contribution in [-0.2, 0) is 13.2 Å². The monoisotopic (exact) mass is 301 g/mol. The molecule has 0 spiro atoms. The molecule has 108 valence electrons. The molecule has 21 heavy (non-hydrogen) atoms. The van der Waals surface area contributed by atoms with Crippen LogP contribution in [0.4, 0.5) is 5.82 Å². The van der Waals surface area contributed by atoms with Crippen molar-refractivity contribution in [2.75, 3.05) is 12.4 Å². The fraction of sp³-hybridized carbons (Fsp3) is 0.200. The van der Waals surface area contributed by atoms with Crippen LogP contribution in [0.25, 0.3) is 10.2 Å². The Bertz CT molecular complexity index is 758. The highest BCUT2D eigenvalue weighted by Gasteiger charge is 2.08. The van der Waals surface area contributed by atoms with Gasteiger partial charge in [-0.15, -0.1) is 11.3 Å². The Hall–Kier alpha value is -2.18. The molecule has 6 heteroatoms. The van der Waals surface area contributed by atoms with Gasteiger partial charge in [-0.25, -0.2) is 9.97 Å². The van der Waals surface area contributed by atoms with Crippen LogP contribution in [0.3, 0.4) is 0 Å². The van der Waals surface area contributed by atoms with Gasteiger partial charge in [0.15, 0.2) is 5.82 Å². The van der Waals surface area contributed by atoms with E-state index >= 15 is 0 Å². The summed E-state index contributed by atoms with van der Waals surface area (Å²) in [7, 11) is 1.84. The van der Waals surface area contributed by atoms with Crippen LogP contribution in [-0.4, -0.2) is 22.1 Å². The number of aromatic nitrogens is 2. The van der Waals surface area contributed by atoms with Crippen molar-refractivity contribution < 1.29 is 9.84 Å². The Morgan fingerprint density at radius 2 is 2.19 bits per heavy atom. The summed E-state index contributed by atoms with van der Waals surface area (Å²) in [5.41, 5.74) is 0.818. The zero-order valence-electron chi connectivity index (χ0n) is 11.5. The maximum absolute atomic E-state index is 9.12. The Morgan fingerprint density at radius 1 is 1.29 bits per heavy atom. The highest BCUT2D eigenvalue weighted by atomic mass is 32.1. The second-order valence-corrected chi connectivity index (χ2v) is 5.37. The molecular weight excluding hydrogens is 286 g/mol. The van der Waals surface area contributed by atoms with Crippen molar-refractivity contribution >= 4 is 27.4 Å². The van der Waals surface area contributed by atoms with Crippen LogP contribution < -0.4 is 10.1 Å². The Balaban J connectivity index is 1.81. The molecule has 2 heterocycles. The van der Waals surface area contributed by atoms with E-state index in [1.165, 1.54) is 0 Å². The Morgan fingerprint density at radius 3 is 3.00 bits per heavy atom. The molecule has 3 rings (SSSR count). The molecule has 0 aliphatic rings. The molecule has 0 atom stereocenters. The van der Waals surface area contributed by atoms with Gasteiger partial charge in [-0.2, -0.15) is 0 Å². The molecule has 0 saturated heterocycles. The van der Waals surface area contributed by atoms with Crippen molar-refractivity contribution in [1.29, 1.82) is 0 Å². The summed E-state index contributed by atoms with van der Waals surface area (Å²) in [4.78, 5) is 9.90. The molecule has 0 unspecified atom stereocenters. The van der Waals surface area contributed by atoms with Gasteiger partial charge >= 0.3 is 0 Å². The second kappa shape index (κ2) is 6.07. The van der Waals surface area contributed by atoms with Gasteiger partial charge in [-0.3, -0.25) is 0 Å². The summed E-state index contributed by atoms with van der Waals surface area (Å²) in [5, 5.41) is 15.2. The van der Waals surface area contributed by atoms with E-state index in [1.54, 1.807) is 11.3 Å². The van der Waals surface area contributed by atoms with Gasteiger partial charge in [-0.05, 0) is 29.1 Å². The van der Waals surface area contributed by atoms with Crippen LogP contribution in [0.1, 0.15) is 11.4 Å². The molecule has 1 aromatic carbocycles. The van der Waals surface area contributed by atoms with Gasteiger partial charge in [0.05, 0.1) is 12.0 Å². The number of hydrogen-bond donors (Lipinski definition) is 2. The van der Waals surface area contributed by atoms with E-state index in [0.29, 0.717) is 11.6 Å². The molecule has 0 saturated carbocycles. The smallest absolute Gasteiger partial charge is 0.169 e. The summed E-state index contributed by atoms with van der Waals surface area (Å²) < 4.78 is 5.70. The minimum atomic E-state index is -0.00123. The highest BCUT2D eigenvalue weighted by molar-refractivity contribution is 7.16. The summed E-state index contributed by atoms with van der Waals surface area (Å²) in [6, 6.07) is 9.36. The summed E-state index contributed by atoms with van der Waals surface area (Å²) in [5.74, 6) is 2.13. The number of nitrogens with one attached hydrogen (secondary N) is 1. The van der Waals surface area contributed by atoms with Crippen LogP contribution >= 0.6 is 11.3 Å². The van der Waals surface area contributed by atoms with Gasteiger partial charge in [0.25, 0.3) is 0 Å². The molecule has 3 aromatic rings. The van der Waals surface area contributed by atoms with E-state index in [0.717, 1.165) is 21.6 Å².